The number of hydrogen-bond acceptors (Lipinski definition) is 4. The molecule has 36 heavy (non-hydrogen) atoms. The van der Waals surface area contributed by atoms with E-state index in [-0.39, 0.29) is 35.0 Å². The summed E-state index contributed by atoms with van der Waals surface area (Å²) in [6.45, 7) is 4.17. The fourth-order valence-corrected chi connectivity index (χ4v) is 5.08. The van der Waals surface area contributed by atoms with E-state index in [9.17, 15) is 14.7 Å². The van der Waals surface area contributed by atoms with Gasteiger partial charge in [0, 0.05) is 50.1 Å². The summed E-state index contributed by atoms with van der Waals surface area (Å²) in [6, 6.07) is 11.6. The van der Waals surface area contributed by atoms with Crippen LogP contribution in [0.2, 0.25) is 0 Å². The van der Waals surface area contributed by atoms with Gasteiger partial charge in [-0.25, -0.2) is 23.4 Å². The molecule has 0 atom stereocenters. The Bertz CT molecular complexity index is 1590. The third-order valence-electron chi connectivity index (χ3n) is 6.96. The van der Waals surface area contributed by atoms with Gasteiger partial charge < -0.3 is 10.0 Å². The average molecular weight is 493 g/mol. The number of halogens is 2. The highest BCUT2D eigenvalue weighted by Gasteiger charge is 2.40. The second-order valence-corrected chi connectivity index (χ2v) is 9.50. The molecule has 7 nitrogen and oxygen atoms in total. The minimum Gasteiger partial charge on any atom is -0.476 e. The van der Waals surface area contributed by atoms with Crippen molar-refractivity contribution in [3.8, 4) is 11.1 Å². The lowest BCUT2D eigenvalue weighted by Crippen LogP contribution is -2.33. The number of carbonyl (C=O) groups is 1. The summed E-state index contributed by atoms with van der Waals surface area (Å²) >= 11 is 0. The van der Waals surface area contributed by atoms with E-state index in [0.29, 0.717) is 11.3 Å². The number of hydrogen-bond donors (Lipinski definition) is 1. The van der Waals surface area contributed by atoms with Gasteiger partial charge in [-0.2, -0.15) is 0 Å². The van der Waals surface area contributed by atoms with Crippen LogP contribution in [0.15, 0.2) is 53.5 Å². The van der Waals surface area contributed by atoms with Crippen LogP contribution in [0.4, 0.5) is 20.2 Å². The van der Waals surface area contributed by atoms with Crippen molar-refractivity contribution in [1.82, 2.24) is 14.1 Å². The van der Waals surface area contributed by atoms with Crippen LogP contribution >= 0.6 is 0 Å². The van der Waals surface area contributed by atoms with Gasteiger partial charge in [-0.1, -0.05) is 26.0 Å². The van der Waals surface area contributed by atoms with E-state index < -0.39 is 18.3 Å². The van der Waals surface area contributed by atoms with Crippen LogP contribution in [0.1, 0.15) is 47.8 Å². The monoisotopic (exact) mass is 492 g/mol. The Morgan fingerprint density at radius 3 is 2.56 bits per heavy atom. The van der Waals surface area contributed by atoms with Crippen molar-refractivity contribution in [3.05, 3.63) is 76.0 Å². The van der Waals surface area contributed by atoms with Gasteiger partial charge in [0.25, 0.3) is 5.92 Å². The van der Waals surface area contributed by atoms with E-state index in [2.05, 4.69) is 4.98 Å². The Morgan fingerprint density at radius 2 is 1.86 bits per heavy atom. The number of benzene rings is 2. The average Bonchev–Trinajstić information content (AvgIpc) is 3.07. The lowest BCUT2D eigenvalue weighted by molar-refractivity contribution is -0.0141. The molecule has 9 heteroatoms. The zero-order valence-corrected chi connectivity index (χ0v) is 20.4. The summed E-state index contributed by atoms with van der Waals surface area (Å²) in [7, 11) is 3.44. The van der Waals surface area contributed by atoms with E-state index in [1.807, 2.05) is 30.9 Å². The molecule has 0 spiro atoms. The lowest BCUT2D eigenvalue weighted by Gasteiger charge is -2.36. The summed E-state index contributed by atoms with van der Waals surface area (Å²) in [4.78, 5) is 30.1. The topological polar surface area (TPSA) is 80.4 Å². The molecule has 0 radical (unpaired) electrons. The predicted molar refractivity (Wildman–Crippen MR) is 134 cm³/mol. The zero-order chi connectivity index (χ0) is 25.9. The Kier molecular flexibility index (Phi) is 5.46. The van der Waals surface area contributed by atoms with Crippen LogP contribution in [0.5, 0.6) is 0 Å². The summed E-state index contributed by atoms with van der Waals surface area (Å²) < 4.78 is 33.6. The minimum absolute atomic E-state index is 0.0937. The van der Waals surface area contributed by atoms with Crippen molar-refractivity contribution in [2.75, 3.05) is 11.4 Å². The Hall–Kier alpha value is -4.01. The number of alkyl halides is 2. The second kappa shape index (κ2) is 8.29. The summed E-state index contributed by atoms with van der Waals surface area (Å²) in [5.74, 6) is -4.20. The molecular formula is C27H26F2N4O3. The number of pyridine rings is 1. The Morgan fingerprint density at radius 1 is 1.11 bits per heavy atom. The fourth-order valence-electron chi connectivity index (χ4n) is 5.08. The molecule has 1 aliphatic rings. The van der Waals surface area contributed by atoms with Crippen LogP contribution in [0.3, 0.4) is 0 Å². The Balaban J connectivity index is 1.71. The molecule has 3 heterocycles. The molecule has 0 fully saturated rings. The van der Waals surface area contributed by atoms with Crippen molar-refractivity contribution in [1.29, 1.82) is 0 Å². The number of rotatable bonds is 4. The quantitative estimate of drug-likeness (QED) is 0.413. The summed E-state index contributed by atoms with van der Waals surface area (Å²) in [5.41, 5.74) is 3.75. The smallest absolute Gasteiger partial charge is 0.355 e. The van der Waals surface area contributed by atoms with E-state index in [4.69, 9.17) is 0 Å². The van der Waals surface area contributed by atoms with Crippen LogP contribution < -0.4 is 10.6 Å². The number of imidazole rings is 1. The first-order chi connectivity index (χ1) is 17.0. The second-order valence-electron chi connectivity index (χ2n) is 9.50. The van der Waals surface area contributed by atoms with Crippen LogP contribution in [0, 0.1) is 0 Å². The van der Waals surface area contributed by atoms with Gasteiger partial charge in [0.1, 0.15) is 0 Å². The van der Waals surface area contributed by atoms with Gasteiger partial charge in [-0.05, 0) is 47.4 Å². The first kappa shape index (κ1) is 23.7. The zero-order valence-electron chi connectivity index (χ0n) is 20.4. The Labute approximate surface area is 206 Å². The summed E-state index contributed by atoms with van der Waals surface area (Å²) in [5, 5.41) is 9.51. The highest BCUT2D eigenvalue weighted by molar-refractivity contribution is 5.94. The van der Waals surface area contributed by atoms with Crippen LogP contribution in [0.25, 0.3) is 22.2 Å². The van der Waals surface area contributed by atoms with Crippen LogP contribution in [-0.2, 0) is 20.0 Å². The number of aromatic carboxylic acids is 1. The van der Waals surface area contributed by atoms with Crippen molar-refractivity contribution in [2.45, 2.75) is 32.1 Å². The first-order valence-electron chi connectivity index (χ1n) is 11.7. The molecule has 0 saturated heterocycles. The van der Waals surface area contributed by atoms with Crippen molar-refractivity contribution < 1.29 is 18.7 Å². The molecule has 1 N–H and O–H groups in total. The number of fused-ring (bicyclic) bond motifs is 2. The van der Waals surface area contributed by atoms with Gasteiger partial charge in [0.05, 0.1) is 16.7 Å². The molecule has 186 valence electrons. The molecule has 1 aliphatic heterocycles. The van der Waals surface area contributed by atoms with Gasteiger partial charge in [0.2, 0.25) is 0 Å². The number of carboxylic acids is 1. The number of nitrogens with zero attached hydrogens (tertiary/aromatic N) is 4. The van der Waals surface area contributed by atoms with E-state index in [0.717, 1.165) is 22.3 Å². The maximum atomic E-state index is 15.2. The number of aromatic nitrogens is 3. The molecule has 0 amide bonds. The lowest BCUT2D eigenvalue weighted by atomic mass is 9.92. The molecule has 4 aromatic rings. The van der Waals surface area contributed by atoms with Gasteiger partial charge in [-0.15, -0.1) is 0 Å². The molecule has 2 aromatic heterocycles. The maximum Gasteiger partial charge on any atom is 0.355 e. The summed E-state index contributed by atoms with van der Waals surface area (Å²) in [6.07, 6.45) is 0.964. The standard InChI is InChI=1S/C27H26F2N4O3/c1-15(2)19-13-17(14-22-24(19)32(4)26(36)31(22)3)33-11-9-27(28,29)20-12-16(7-8-21(20)33)18-6-5-10-30-23(18)25(34)35/h5-8,10,12-15H,9,11H2,1-4H3,(H,34,35). The van der Waals surface area contributed by atoms with Gasteiger partial charge in [0.15, 0.2) is 5.69 Å². The molecule has 5 rings (SSSR count). The molecule has 0 bridgehead atoms. The van der Waals surface area contributed by atoms with Crippen LogP contribution in [-0.4, -0.2) is 31.7 Å². The molecule has 0 saturated carbocycles. The minimum atomic E-state index is -3.09. The third-order valence-corrected chi connectivity index (χ3v) is 6.96. The van der Waals surface area contributed by atoms with E-state index >= 15 is 8.78 Å². The first-order valence-corrected chi connectivity index (χ1v) is 11.7. The van der Waals surface area contributed by atoms with Gasteiger partial charge >= 0.3 is 11.7 Å². The molecule has 0 aliphatic carbocycles. The van der Waals surface area contributed by atoms with Crippen molar-refractivity contribution >= 4 is 28.4 Å². The van der Waals surface area contributed by atoms with Gasteiger partial charge in [-0.3, -0.25) is 9.13 Å². The van der Waals surface area contributed by atoms with E-state index in [1.165, 1.54) is 12.3 Å². The largest absolute Gasteiger partial charge is 0.476 e. The highest BCUT2D eigenvalue weighted by atomic mass is 19.3. The molecular weight excluding hydrogens is 466 g/mol. The number of aryl methyl sites for hydroxylation is 2. The number of carboxylic acid groups (broad SMARTS) is 1. The highest BCUT2D eigenvalue weighted by Crippen LogP contribution is 2.47. The SMILES string of the molecule is CC(C)c1cc(N2CCC(F)(F)c3cc(-c4cccnc4C(=O)O)ccc32)cc2c1n(C)c(=O)n2C. The number of anilines is 2. The third kappa shape index (κ3) is 3.57. The normalized spacial score (nSPS) is 14.9. The predicted octanol–water partition coefficient (Wildman–Crippen LogP) is 5.39. The molecule has 0 unspecified atom stereocenters. The fraction of sp³-hybridized carbons (Fsp3) is 0.296. The van der Waals surface area contributed by atoms with Crippen molar-refractivity contribution in [2.24, 2.45) is 14.1 Å². The van der Waals surface area contributed by atoms with E-state index in [1.54, 1.807) is 47.5 Å². The maximum absolute atomic E-state index is 15.2. The molecule has 2 aromatic carbocycles. The van der Waals surface area contributed by atoms with Crippen molar-refractivity contribution in [3.63, 3.8) is 0 Å².